The first-order valence-electron chi connectivity index (χ1n) is 15.0. The van der Waals surface area contributed by atoms with Gasteiger partial charge in [-0.05, 0) is 48.5 Å². The molecule has 6 heterocycles. The summed E-state index contributed by atoms with van der Waals surface area (Å²) >= 11 is 0. The summed E-state index contributed by atoms with van der Waals surface area (Å²) in [6.07, 6.45) is 2.01. The number of hydrogen-bond acceptors (Lipinski definition) is 11. The number of carbonyl (C=O) groups excluding carboxylic acids is 1. The molecular formula is C34H34N6O7. The lowest BCUT2D eigenvalue weighted by atomic mass is 9.54. The number of carboxylic acid groups (broad SMARTS) is 2. The summed E-state index contributed by atoms with van der Waals surface area (Å²) in [5, 5.41) is 31.8. The Morgan fingerprint density at radius 3 is 1.85 bits per heavy atom. The Bertz CT molecular complexity index is 1790. The maximum absolute atomic E-state index is 14.3. The van der Waals surface area contributed by atoms with Gasteiger partial charge >= 0.3 is 17.9 Å². The van der Waals surface area contributed by atoms with Crippen molar-refractivity contribution in [3.05, 3.63) is 119 Å². The van der Waals surface area contributed by atoms with Gasteiger partial charge in [0.1, 0.15) is 16.8 Å². The number of hydrogen-bond donors (Lipinski definition) is 3. The topological polar surface area (TPSA) is 179 Å². The molecule has 2 aliphatic rings. The van der Waals surface area contributed by atoms with Gasteiger partial charge in [0.05, 0.1) is 48.1 Å². The molecule has 3 N–H and O–H groups in total. The molecule has 2 bridgehead atoms. The lowest BCUT2D eigenvalue weighted by Gasteiger charge is -2.65. The summed E-state index contributed by atoms with van der Waals surface area (Å²) in [4.78, 5) is 60.0. The van der Waals surface area contributed by atoms with Crippen LogP contribution in [-0.4, -0.2) is 89.3 Å². The molecule has 2 aliphatic heterocycles. The first-order chi connectivity index (χ1) is 22.6. The number of esters is 1. The monoisotopic (exact) mass is 638 g/mol. The number of likely N-dealkylation sites (tertiary alicyclic amines) is 2. The molecular weight excluding hydrogens is 604 g/mol. The third-order valence-electron chi connectivity index (χ3n) is 9.22. The molecule has 0 saturated carbocycles. The van der Waals surface area contributed by atoms with Gasteiger partial charge in [-0.2, -0.15) is 0 Å². The molecule has 47 heavy (non-hydrogen) atoms. The highest BCUT2D eigenvalue weighted by molar-refractivity contribution is 5.85. The van der Waals surface area contributed by atoms with E-state index >= 15 is 0 Å². The zero-order valence-corrected chi connectivity index (χ0v) is 25.8. The van der Waals surface area contributed by atoms with Gasteiger partial charge in [-0.3, -0.25) is 24.6 Å². The van der Waals surface area contributed by atoms with Gasteiger partial charge in [0.25, 0.3) is 0 Å². The minimum Gasteiger partial charge on any atom is -0.477 e. The summed E-state index contributed by atoms with van der Waals surface area (Å²) in [6.45, 7) is 2.46. The van der Waals surface area contributed by atoms with Gasteiger partial charge in [-0.25, -0.2) is 19.6 Å². The number of methoxy groups -OCH3 is 1. The lowest BCUT2D eigenvalue weighted by molar-refractivity contribution is -0.248. The van der Waals surface area contributed by atoms with E-state index in [-0.39, 0.29) is 37.6 Å². The SMILES string of the molecule is COC(=O)C12CN(Cc3cccc(C(=O)O)n3)CC(C)(C(c3ccccn3)N(Cc3cccc(C(=O)O)n3)C1c1ccccn1)C2O. The molecule has 2 saturated heterocycles. The Morgan fingerprint density at radius 2 is 1.34 bits per heavy atom. The molecule has 0 amide bonds. The standard InChI is InChI=1S/C34H34N6O7/c1-33-19-39(17-21-9-7-13-25(37-21)29(41)42)20-34(31(33)45,32(46)47-2)28(24-12-4-6-16-36-24)40(27(33)23-11-3-5-15-35-23)18-22-10-8-14-26(38-22)30(43)44/h3-16,27-28,31,45H,17-20H2,1-2H3,(H,41,42)(H,43,44). The number of carboxylic acids is 2. The Balaban J connectivity index is 1.58. The average Bonchev–Trinajstić information content (AvgIpc) is 3.07. The van der Waals surface area contributed by atoms with Crippen molar-refractivity contribution in [2.75, 3.05) is 20.2 Å². The first kappa shape index (κ1) is 31.9. The number of piperidine rings is 2. The average molecular weight is 639 g/mol. The molecule has 4 aromatic heterocycles. The zero-order chi connectivity index (χ0) is 33.3. The summed E-state index contributed by atoms with van der Waals surface area (Å²) in [6, 6.07) is 18.8. The molecule has 13 heteroatoms. The van der Waals surface area contributed by atoms with Crippen molar-refractivity contribution in [1.29, 1.82) is 0 Å². The molecule has 5 atom stereocenters. The van der Waals surface area contributed by atoms with Crippen molar-refractivity contribution >= 4 is 17.9 Å². The second-order valence-electron chi connectivity index (χ2n) is 12.2. The van der Waals surface area contributed by atoms with Gasteiger partial charge in [-0.1, -0.05) is 31.2 Å². The Kier molecular flexibility index (Phi) is 8.53. The van der Waals surface area contributed by atoms with Crippen LogP contribution in [0.25, 0.3) is 0 Å². The van der Waals surface area contributed by atoms with Crippen LogP contribution in [0, 0.1) is 10.8 Å². The van der Waals surface area contributed by atoms with Crippen molar-refractivity contribution in [3.8, 4) is 0 Å². The fraction of sp³-hybridized carbons (Fsp3) is 0.324. The van der Waals surface area contributed by atoms with E-state index in [4.69, 9.17) is 9.72 Å². The minimum atomic E-state index is -1.61. The Labute approximate surface area is 270 Å². The van der Waals surface area contributed by atoms with Crippen LogP contribution in [0.1, 0.15) is 62.8 Å². The van der Waals surface area contributed by atoms with E-state index < -0.39 is 46.9 Å². The summed E-state index contributed by atoms with van der Waals surface area (Å²) in [7, 11) is 1.28. The van der Waals surface area contributed by atoms with Gasteiger partial charge < -0.3 is 20.1 Å². The van der Waals surface area contributed by atoms with Crippen LogP contribution >= 0.6 is 0 Å². The number of pyridine rings is 4. The normalized spacial score (nSPS) is 26.0. The quantitative estimate of drug-likeness (QED) is 0.228. The second kappa shape index (κ2) is 12.6. The zero-order valence-electron chi connectivity index (χ0n) is 25.8. The number of nitrogens with zero attached hydrogens (tertiary/aromatic N) is 6. The van der Waals surface area contributed by atoms with Crippen LogP contribution in [0.5, 0.6) is 0 Å². The van der Waals surface area contributed by atoms with E-state index in [0.29, 0.717) is 22.8 Å². The first-order valence-corrected chi connectivity index (χ1v) is 15.0. The summed E-state index contributed by atoms with van der Waals surface area (Å²) in [5.74, 6) is -2.98. The number of rotatable bonds is 9. The number of aromatic nitrogens is 4. The number of aliphatic hydroxyl groups excluding tert-OH is 1. The predicted octanol–water partition coefficient (Wildman–Crippen LogP) is 3.00. The molecule has 0 aromatic carbocycles. The smallest absolute Gasteiger partial charge is 0.354 e. The molecule has 6 rings (SSSR count). The van der Waals surface area contributed by atoms with Gasteiger partial charge in [0.15, 0.2) is 0 Å². The molecule has 0 radical (unpaired) electrons. The van der Waals surface area contributed by atoms with Crippen molar-refractivity contribution in [1.82, 2.24) is 29.7 Å². The van der Waals surface area contributed by atoms with Crippen LogP contribution in [-0.2, 0) is 22.6 Å². The molecule has 2 fully saturated rings. The van der Waals surface area contributed by atoms with E-state index in [0.717, 1.165) is 0 Å². The van der Waals surface area contributed by atoms with Crippen molar-refractivity contribution in [2.24, 2.45) is 10.8 Å². The number of fused-ring (bicyclic) bond motifs is 2. The highest BCUT2D eigenvalue weighted by atomic mass is 16.5. The van der Waals surface area contributed by atoms with E-state index in [1.54, 1.807) is 60.9 Å². The second-order valence-corrected chi connectivity index (χ2v) is 12.2. The predicted molar refractivity (Wildman–Crippen MR) is 166 cm³/mol. The highest BCUT2D eigenvalue weighted by Gasteiger charge is 2.71. The van der Waals surface area contributed by atoms with Crippen molar-refractivity contribution in [3.63, 3.8) is 0 Å². The molecule has 13 nitrogen and oxygen atoms in total. The Morgan fingerprint density at radius 1 is 0.787 bits per heavy atom. The summed E-state index contributed by atoms with van der Waals surface area (Å²) in [5.41, 5.74) is -0.891. The lowest BCUT2D eigenvalue weighted by Crippen LogP contribution is -2.74. The largest absolute Gasteiger partial charge is 0.477 e. The van der Waals surface area contributed by atoms with Crippen LogP contribution in [0.15, 0.2) is 85.2 Å². The fourth-order valence-corrected chi connectivity index (χ4v) is 7.54. The highest BCUT2D eigenvalue weighted by Crippen LogP contribution is 2.62. The number of carbonyl (C=O) groups is 3. The number of aliphatic hydroxyl groups is 1. The maximum Gasteiger partial charge on any atom is 0.354 e. The summed E-state index contributed by atoms with van der Waals surface area (Å²) < 4.78 is 5.49. The van der Waals surface area contributed by atoms with Crippen LogP contribution in [0.2, 0.25) is 0 Å². The van der Waals surface area contributed by atoms with Gasteiger partial charge in [0.2, 0.25) is 0 Å². The fourth-order valence-electron chi connectivity index (χ4n) is 7.54. The Hall–Kier alpha value is -5.11. The van der Waals surface area contributed by atoms with Gasteiger partial charge in [-0.15, -0.1) is 0 Å². The molecule has 242 valence electrons. The van der Waals surface area contributed by atoms with Crippen LogP contribution in [0.3, 0.4) is 0 Å². The third-order valence-corrected chi connectivity index (χ3v) is 9.22. The van der Waals surface area contributed by atoms with Crippen molar-refractivity contribution in [2.45, 2.75) is 38.2 Å². The molecule has 0 aliphatic carbocycles. The van der Waals surface area contributed by atoms with Gasteiger partial charge in [0, 0.05) is 44.0 Å². The van der Waals surface area contributed by atoms with E-state index in [2.05, 4.69) is 15.0 Å². The van der Waals surface area contributed by atoms with Crippen LogP contribution in [0.4, 0.5) is 0 Å². The molecule has 0 spiro atoms. The number of ether oxygens (including phenoxy) is 1. The van der Waals surface area contributed by atoms with Crippen LogP contribution < -0.4 is 0 Å². The van der Waals surface area contributed by atoms with E-state index in [1.807, 2.05) is 28.9 Å². The van der Waals surface area contributed by atoms with E-state index in [1.165, 1.54) is 19.2 Å². The molecule has 5 unspecified atom stereocenters. The maximum atomic E-state index is 14.3. The van der Waals surface area contributed by atoms with Crippen molar-refractivity contribution < 1.29 is 34.4 Å². The number of aromatic carboxylic acids is 2. The minimum absolute atomic E-state index is 0.0185. The third kappa shape index (κ3) is 5.62. The molecule has 4 aromatic rings. The van der Waals surface area contributed by atoms with E-state index in [9.17, 15) is 29.7 Å².